The molecule has 6 nitrogen and oxygen atoms in total. The molecule has 0 spiro atoms. The Morgan fingerprint density at radius 1 is 1.26 bits per heavy atom. The summed E-state index contributed by atoms with van der Waals surface area (Å²) in [7, 11) is 0. The highest BCUT2D eigenvalue weighted by Crippen LogP contribution is 2.30. The predicted octanol–water partition coefficient (Wildman–Crippen LogP) is 3.00. The number of carbonyl (C=O) groups is 1. The van der Waals surface area contributed by atoms with Crippen molar-refractivity contribution in [2.45, 2.75) is 12.8 Å². The number of carbonyl (C=O) groups excluding carboxylic acids is 1. The molecule has 1 N–H and O–H groups in total. The molecule has 0 aliphatic carbocycles. The first-order valence-electron chi connectivity index (χ1n) is 7.45. The summed E-state index contributed by atoms with van der Waals surface area (Å²) in [4.78, 5) is 28.5. The van der Waals surface area contributed by atoms with Gasteiger partial charge in [-0.25, -0.2) is 15.0 Å². The largest absolute Gasteiger partial charge is 0.355 e. The minimum absolute atomic E-state index is 0.0419. The summed E-state index contributed by atoms with van der Waals surface area (Å²) in [5.74, 6) is 0.930. The van der Waals surface area contributed by atoms with Crippen LogP contribution in [0.1, 0.15) is 12.8 Å². The maximum atomic E-state index is 12.5. The van der Waals surface area contributed by atoms with Crippen molar-refractivity contribution in [1.82, 2.24) is 15.0 Å². The van der Waals surface area contributed by atoms with Crippen LogP contribution in [0.15, 0.2) is 29.4 Å². The fraction of sp³-hybridized carbons (Fsp3) is 0.333. The lowest BCUT2D eigenvalue weighted by Crippen LogP contribution is -2.41. The van der Waals surface area contributed by atoms with Crippen molar-refractivity contribution in [2.24, 2.45) is 5.92 Å². The summed E-state index contributed by atoms with van der Waals surface area (Å²) in [5, 5.41) is 8.52. The highest BCUT2D eigenvalue weighted by atomic mass is 32.1. The fourth-order valence-electron chi connectivity index (χ4n) is 2.91. The Balaban J connectivity index is 1.53. The van der Waals surface area contributed by atoms with Crippen molar-refractivity contribution < 1.29 is 4.79 Å². The smallest absolute Gasteiger partial charge is 0.231 e. The van der Waals surface area contributed by atoms with Gasteiger partial charge in [-0.15, -0.1) is 22.7 Å². The van der Waals surface area contributed by atoms with Gasteiger partial charge in [-0.2, -0.15) is 0 Å². The summed E-state index contributed by atoms with van der Waals surface area (Å²) < 4.78 is 0. The lowest BCUT2D eigenvalue weighted by Gasteiger charge is -2.32. The maximum absolute atomic E-state index is 12.5. The van der Waals surface area contributed by atoms with E-state index in [0.717, 1.165) is 35.4 Å². The predicted molar refractivity (Wildman–Crippen MR) is 93.1 cm³/mol. The first-order valence-corrected chi connectivity index (χ1v) is 9.21. The second kappa shape index (κ2) is 6.21. The number of fused-ring (bicyclic) bond motifs is 1. The molecule has 3 aromatic heterocycles. The molecule has 4 heterocycles. The lowest BCUT2D eigenvalue weighted by molar-refractivity contribution is -0.120. The van der Waals surface area contributed by atoms with Gasteiger partial charge in [-0.1, -0.05) is 0 Å². The van der Waals surface area contributed by atoms with Crippen LogP contribution in [-0.4, -0.2) is 33.9 Å². The number of anilines is 2. The number of hydrogen-bond acceptors (Lipinski definition) is 7. The van der Waals surface area contributed by atoms with Crippen LogP contribution in [-0.2, 0) is 4.79 Å². The fourth-order valence-corrected chi connectivity index (χ4v) is 4.16. The van der Waals surface area contributed by atoms with Crippen LogP contribution in [0.4, 0.5) is 10.9 Å². The molecule has 0 aromatic carbocycles. The maximum Gasteiger partial charge on any atom is 0.231 e. The van der Waals surface area contributed by atoms with Gasteiger partial charge in [0.05, 0.1) is 11.3 Å². The van der Waals surface area contributed by atoms with Crippen molar-refractivity contribution in [3.63, 3.8) is 0 Å². The van der Waals surface area contributed by atoms with Crippen LogP contribution < -0.4 is 10.2 Å². The number of rotatable bonds is 3. The standard InChI is InChI=1S/C15H15N5OS2/c21-13(19-15-16-4-7-23-15)10-2-1-5-20(8-10)12-11-3-6-22-14(11)18-9-17-12/h3-4,6-7,9-10H,1-2,5,8H2,(H,16,19,21). The average Bonchev–Trinajstić information content (AvgIpc) is 3.25. The summed E-state index contributed by atoms with van der Waals surface area (Å²) in [6.45, 7) is 1.60. The third kappa shape index (κ3) is 2.91. The van der Waals surface area contributed by atoms with E-state index in [1.54, 1.807) is 23.9 Å². The second-order valence-electron chi connectivity index (χ2n) is 5.45. The van der Waals surface area contributed by atoms with Crippen molar-refractivity contribution in [1.29, 1.82) is 0 Å². The minimum Gasteiger partial charge on any atom is -0.355 e. The van der Waals surface area contributed by atoms with Crippen molar-refractivity contribution >= 4 is 49.7 Å². The lowest BCUT2D eigenvalue weighted by atomic mass is 9.97. The van der Waals surface area contributed by atoms with E-state index >= 15 is 0 Å². The van der Waals surface area contributed by atoms with Crippen LogP contribution >= 0.6 is 22.7 Å². The minimum atomic E-state index is -0.0451. The highest BCUT2D eigenvalue weighted by molar-refractivity contribution is 7.16. The number of piperidine rings is 1. The Labute approximate surface area is 141 Å². The molecule has 23 heavy (non-hydrogen) atoms. The molecule has 1 atom stereocenters. The molecule has 3 aromatic rings. The molecule has 1 aliphatic rings. The van der Waals surface area contributed by atoms with Crippen molar-refractivity contribution in [3.8, 4) is 0 Å². The zero-order valence-corrected chi connectivity index (χ0v) is 13.9. The highest BCUT2D eigenvalue weighted by Gasteiger charge is 2.28. The van der Waals surface area contributed by atoms with Gasteiger partial charge < -0.3 is 10.2 Å². The third-order valence-corrected chi connectivity index (χ3v) is 5.50. The number of nitrogens with one attached hydrogen (secondary N) is 1. The molecule has 1 unspecified atom stereocenters. The molecule has 0 saturated carbocycles. The molecular formula is C15H15N5OS2. The zero-order valence-electron chi connectivity index (χ0n) is 12.3. The number of thiophene rings is 1. The Morgan fingerprint density at radius 3 is 3.09 bits per heavy atom. The molecule has 8 heteroatoms. The molecule has 0 radical (unpaired) electrons. The van der Waals surface area contributed by atoms with E-state index in [2.05, 4.69) is 31.2 Å². The van der Waals surface area contributed by atoms with Crippen LogP contribution in [0, 0.1) is 5.92 Å². The van der Waals surface area contributed by atoms with E-state index in [4.69, 9.17) is 0 Å². The topological polar surface area (TPSA) is 71.0 Å². The number of hydrogen-bond donors (Lipinski definition) is 1. The zero-order chi connectivity index (χ0) is 15.6. The van der Waals surface area contributed by atoms with Crippen LogP contribution in [0.2, 0.25) is 0 Å². The Morgan fingerprint density at radius 2 is 2.22 bits per heavy atom. The van der Waals surface area contributed by atoms with E-state index in [1.807, 2.05) is 10.8 Å². The Hall–Kier alpha value is -2.06. The number of amides is 1. The molecule has 0 bridgehead atoms. The molecule has 1 amide bonds. The molecule has 1 fully saturated rings. The van der Waals surface area contributed by atoms with E-state index in [9.17, 15) is 4.79 Å². The quantitative estimate of drug-likeness (QED) is 0.790. The molecule has 118 valence electrons. The van der Waals surface area contributed by atoms with Crippen molar-refractivity contribution in [3.05, 3.63) is 29.4 Å². The normalized spacial score (nSPS) is 18.3. The van der Waals surface area contributed by atoms with E-state index in [1.165, 1.54) is 11.3 Å². The third-order valence-electron chi connectivity index (χ3n) is 3.99. The molecular weight excluding hydrogens is 330 g/mol. The molecule has 1 aliphatic heterocycles. The van der Waals surface area contributed by atoms with Gasteiger partial charge in [-0.3, -0.25) is 4.79 Å². The SMILES string of the molecule is O=C(Nc1nccs1)C1CCCN(c2ncnc3sccc23)C1. The first kappa shape index (κ1) is 14.5. The van der Waals surface area contributed by atoms with Gasteiger partial charge in [0.2, 0.25) is 5.91 Å². The van der Waals surface area contributed by atoms with E-state index in [0.29, 0.717) is 11.7 Å². The number of thiazole rings is 1. The second-order valence-corrected chi connectivity index (χ2v) is 7.24. The Kier molecular flexibility index (Phi) is 3.92. The van der Waals surface area contributed by atoms with E-state index < -0.39 is 0 Å². The molecule has 4 rings (SSSR count). The summed E-state index contributed by atoms with van der Waals surface area (Å²) in [6, 6.07) is 2.05. The Bertz CT molecular complexity index is 816. The van der Waals surface area contributed by atoms with Crippen LogP contribution in [0.25, 0.3) is 10.2 Å². The summed E-state index contributed by atoms with van der Waals surface area (Å²) in [6.07, 6.45) is 5.17. The summed E-state index contributed by atoms with van der Waals surface area (Å²) >= 11 is 3.05. The average molecular weight is 345 g/mol. The van der Waals surface area contributed by atoms with Crippen LogP contribution in [0.3, 0.4) is 0 Å². The van der Waals surface area contributed by atoms with Crippen molar-refractivity contribution in [2.75, 3.05) is 23.3 Å². The van der Waals surface area contributed by atoms with Gasteiger partial charge in [0.15, 0.2) is 5.13 Å². The molecule has 1 saturated heterocycles. The number of nitrogens with zero attached hydrogens (tertiary/aromatic N) is 4. The number of aromatic nitrogens is 3. The van der Waals surface area contributed by atoms with Gasteiger partial charge in [0.1, 0.15) is 17.0 Å². The van der Waals surface area contributed by atoms with Gasteiger partial charge in [-0.05, 0) is 24.3 Å². The monoisotopic (exact) mass is 345 g/mol. The first-order chi connectivity index (χ1) is 11.3. The van der Waals surface area contributed by atoms with E-state index in [-0.39, 0.29) is 11.8 Å². The van der Waals surface area contributed by atoms with Gasteiger partial charge in [0.25, 0.3) is 0 Å². The van der Waals surface area contributed by atoms with Gasteiger partial charge in [0, 0.05) is 24.7 Å². The van der Waals surface area contributed by atoms with Crippen LogP contribution in [0.5, 0.6) is 0 Å². The summed E-state index contributed by atoms with van der Waals surface area (Å²) in [5.41, 5.74) is 0. The van der Waals surface area contributed by atoms with Gasteiger partial charge >= 0.3 is 0 Å².